The van der Waals surface area contributed by atoms with Gasteiger partial charge >= 0.3 is 5.97 Å². The Kier molecular flexibility index (Phi) is 13.0. The zero-order valence-electron chi connectivity index (χ0n) is 17.9. The minimum Gasteiger partial charge on any atom is -0.364 e. The van der Waals surface area contributed by atoms with Crippen molar-refractivity contribution in [2.24, 2.45) is 0 Å². The number of carbonyl (C=O) groups excluding carboxylic acids is 1. The number of nitrogens with zero attached hydrogens (tertiary/aromatic N) is 1. The van der Waals surface area contributed by atoms with Crippen molar-refractivity contribution in [2.45, 2.75) is 65.7 Å². The lowest BCUT2D eigenvalue weighted by Crippen LogP contribution is -2.27. The van der Waals surface area contributed by atoms with Crippen molar-refractivity contribution >= 4 is 22.2 Å². The summed E-state index contributed by atoms with van der Waals surface area (Å²) in [4.78, 5) is 18.5. The highest BCUT2D eigenvalue weighted by molar-refractivity contribution is 7.76. The van der Waals surface area contributed by atoms with Crippen LogP contribution in [0.3, 0.4) is 0 Å². The molecular weight excluding hydrogens is 386 g/mol. The molecule has 0 aromatic heterocycles. The molecule has 0 heterocycles. The van der Waals surface area contributed by atoms with Crippen molar-refractivity contribution in [3.05, 3.63) is 53.0 Å². The Balaban J connectivity index is 2.97. The van der Waals surface area contributed by atoms with Crippen molar-refractivity contribution in [1.29, 1.82) is 0 Å². The third-order valence-corrected chi connectivity index (χ3v) is 5.53. The molecular formula is C23H35NO4S. The second-order valence-electron chi connectivity index (χ2n) is 6.87. The van der Waals surface area contributed by atoms with Crippen LogP contribution in [0.2, 0.25) is 0 Å². The topological polar surface area (TPSA) is 63.7 Å². The van der Waals surface area contributed by atoms with Gasteiger partial charge in [0.25, 0.3) is 0 Å². The van der Waals surface area contributed by atoms with Gasteiger partial charge in [0.1, 0.15) is 0 Å². The fourth-order valence-corrected chi connectivity index (χ4v) is 3.46. The first kappa shape index (κ1) is 25.1. The van der Waals surface area contributed by atoms with E-state index in [1.165, 1.54) is 19.3 Å². The highest BCUT2D eigenvalue weighted by atomic mass is 32.2. The first-order chi connectivity index (χ1) is 14.0. The van der Waals surface area contributed by atoms with Crippen LogP contribution in [0, 0.1) is 0 Å². The van der Waals surface area contributed by atoms with E-state index in [9.17, 15) is 13.2 Å². The molecule has 0 saturated carbocycles. The van der Waals surface area contributed by atoms with E-state index < -0.39 is 16.7 Å². The van der Waals surface area contributed by atoms with Crippen LogP contribution in [0.4, 0.5) is 0 Å². The molecule has 0 atom stereocenters. The number of thiol groups is 1. The Hall–Kier alpha value is -1.92. The van der Waals surface area contributed by atoms with Crippen LogP contribution >= 0.6 is 0 Å². The van der Waals surface area contributed by atoms with Gasteiger partial charge in [0.15, 0.2) is 10.7 Å². The lowest BCUT2D eigenvalue weighted by molar-refractivity contribution is -0.180. The molecule has 0 spiro atoms. The summed E-state index contributed by atoms with van der Waals surface area (Å²) in [6, 6.07) is 9.17. The van der Waals surface area contributed by atoms with Crippen LogP contribution in [0.25, 0.3) is 5.57 Å². The first-order valence-corrected chi connectivity index (χ1v) is 11.8. The molecule has 0 bridgehead atoms. The number of carbonyl (C=O) groups is 1. The number of benzene rings is 1. The molecule has 6 heteroatoms. The fourth-order valence-electron chi connectivity index (χ4n) is 2.92. The lowest BCUT2D eigenvalue weighted by Gasteiger charge is -2.18. The summed E-state index contributed by atoms with van der Waals surface area (Å²) in [7, 11) is -2.68. The third kappa shape index (κ3) is 9.90. The number of allylic oxidation sites excluding steroid dienone is 3. The van der Waals surface area contributed by atoms with E-state index in [0.29, 0.717) is 35.6 Å². The Morgan fingerprint density at radius 1 is 0.931 bits per heavy atom. The minimum atomic E-state index is -2.68. The Labute approximate surface area is 177 Å². The van der Waals surface area contributed by atoms with Crippen LogP contribution in [-0.2, 0) is 20.3 Å². The summed E-state index contributed by atoms with van der Waals surface area (Å²) in [5.74, 6) is -0.490. The molecule has 0 unspecified atom stereocenters. The summed E-state index contributed by atoms with van der Waals surface area (Å²) >= 11 is 0. The summed E-state index contributed by atoms with van der Waals surface area (Å²) in [5, 5.41) is 1.56. The van der Waals surface area contributed by atoms with E-state index in [1.807, 2.05) is 44.2 Å². The highest BCUT2D eigenvalue weighted by Gasteiger charge is 2.16. The van der Waals surface area contributed by atoms with Crippen LogP contribution in [0.5, 0.6) is 0 Å². The van der Waals surface area contributed by atoms with Crippen molar-refractivity contribution in [3.63, 3.8) is 0 Å². The average Bonchev–Trinajstić information content (AvgIpc) is 2.73. The minimum absolute atomic E-state index is 0.342. The molecule has 1 aromatic rings. The zero-order valence-corrected chi connectivity index (χ0v) is 18.8. The fraction of sp³-hybridized carbons (Fsp3) is 0.522. The maximum atomic E-state index is 12.7. The molecule has 0 fully saturated rings. The second kappa shape index (κ2) is 15.0. The summed E-state index contributed by atoms with van der Waals surface area (Å²) in [6.07, 6.45) is 10.2. The molecule has 0 aliphatic rings. The summed E-state index contributed by atoms with van der Waals surface area (Å²) in [5.41, 5.74) is 1.04. The quantitative estimate of drug-likeness (QED) is 0.149. The van der Waals surface area contributed by atoms with Gasteiger partial charge in [-0.25, -0.2) is 13.2 Å². The molecule has 1 aromatic carbocycles. The van der Waals surface area contributed by atoms with Gasteiger partial charge in [-0.1, -0.05) is 69.4 Å². The lowest BCUT2D eigenvalue weighted by atomic mass is 10.1. The van der Waals surface area contributed by atoms with Gasteiger partial charge in [-0.3, -0.25) is 0 Å². The molecule has 0 radical (unpaired) electrons. The van der Waals surface area contributed by atoms with E-state index in [2.05, 4.69) is 6.92 Å². The highest BCUT2D eigenvalue weighted by Crippen LogP contribution is 2.19. The summed E-state index contributed by atoms with van der Waals surface area (Å²) in [6.45, 7) is 7.14. The number of hydrogen-bond donors (Lipinski definition) is 1. The Morgan fingerprint density at radius 2 is 1.55 bits per heavy atom. The summed E-state index contributed by atoms with van der Waals surface area (Å²) < 4.78 is 23.3. The van der Waals surface area contributed by atoms with E-state index in [4.69, 9.17) is 4.84 Å². The van der Waals surface area contributed by atoms with Gasteiger partial charge in [0, 0.05) is 18.0 Å². The largest absolute Gasteiger partial charge is 0.364 e. The molecule has 0 amide bonds. The van der Waals surface area contributed by atoms with E-state index >= 15 is 0 Å². The Bertz CT molecular complexity index is 727. The predicted octanol–water partition coefficient (Wildman–Crippen LogP) is 5.12. The van der Waals surface area contributed by atoms with Crippen molar-refractivity contribution in [2.75, 3.05) is 13.1 Å². The van der Waals surface area contributed by atoms with Crippen molar-refractivity contribution < 1.29 is 18.0 Å². The van der Waals surface area contributed by atoms with Crippen LogP contribution in [-0.4, -0.2) is 32.5 Å². The van der Waals surface area contributed by atoms with Crippen LogP contribution in [0.1, 0.15) is 71.3 Å². The molecule has 0 saturated heterocycles. The SMILES string of the molecule is CCCCCCCCC(=CC=C(C(=O)ON(CC)CC)c1ccccc1)[SH](=O)=O. The molecule has 1 rings (SSSR count). The molecule has 29 heavy (non-hydrogen) atoms. The monoisotopic (exact) mass is 421 g/mol. The van der Waals surface area contributed by atoms with E-state index in [1.54, 1.807) is 17.2 Å². The van der Waals surface area contributed by atoms with Crippen molar-refractivity contribution in [3.8, 4) is 0 Å². The standard InChI is InChI=1S/C23H35NO4S/c1-4-7-8-9-10-14-17-21(29(26)27)18-19-22(20-15-12-11-13-16-20)23(25)28-24(5-2)6-3/h11-13,15-16,18-19,29H,4-10,14,17H2,1-3H3. The van der Waals surface area contributed by atoms with Gasteiger partial charge in [0.05, 0.1) is 5.57 Å². The van der Waals surface area contributed by atoms with Gasteiger partial charge in [-0.05, 0) is 44.4 Å². The molecule has 0 aliphatic carbocycles. The van der Waals surface area contributed by atoms with Crippen molar-refractivity contribution in [1.82, 2.24) is 5.06 Å². The normalized spacial score (nSPS) is 12.6. The number of unbranched alkanes of at least 4 members (excludes halogenated alkanes) is 5. The maximum absolute atomic E-state index is 12.7. The van der Waals surface area contributed by atoms with Gasteiger partial charge in [-0.15, -0.1) is 5.06 Å². The smallest absolute Gasteiger partial charge is 0.357 e. The number of hydroxylamine groups is 2. The van der Waals surface area contributed by atoms with Gasteiger partial charge in [0.2, 0.25) is 0 Å². The molecule has 5 nitrogen and oxygen atoms in total. The van der Waals surface area contributed by atoms with E-state index in [0.717, 1.165) is 19.3 Å². The zero-order chi connectivity index (χ0) is 21.5. The van der Waals surface area contributed by atoms with Gasteiger partial charge < -0.3 is 4.84 Å². The molecule has 162 valence electrons. The number of hydrogen-bond acceptors (Lipinski definition) is 5. The molecule has 0 N–H and O–H groups in total. The van der Waals surface area contributed by atoms with Crippen LogP contribution in [0.15, 0.2) is 47.4 Å². The third-order valence-electron chi connectivity index (χ3n) is 4.69. The number of rotatable bonds is 14. The van der Waals surface area contributed by atoms with Crippen LogP contribution < -0.4 is 0 Å². The molecule has 0 aliphatic heterocycles. The van der Waals surface area contributed by atoms with Gasteiger partial charge in [-0.2, -0.15) is 0 Å². The average molecular weight is 422 g/mol. The maximum Gasteiger partial charge on any atom is 0.357 e. The second-order valence-corrected chi connectivity index (χ2v) is 7.96. The Morgan fingerprint density at radius 3 is 2.14 bits per heavy atom. The van der Waals surface area contributed by atoms with E-state index in [-0.39, 0.29) is 0 Å². The first-order valence-electron chi connectivity index (χ1n) is 10.6. The predicted molar refractivity (Wildman–Crippen MR) is 120 cm³/mol.